The zero-order valence-electron chi connectivity index (χ0n) is 17.7. The van der Waals surface area contributed by atoms with Gasteiger partial charge in [0.15, 0.2) is 5.78 Å². The van der Waals surface area contributed by atoms with E-state index >= 15 is 0 Å². The summed E-state index contributed by atoms with van der Waals surface area (Å²) in [6.45, 7) is 6.21. The van der Waals surface area contributed by atoms with Gasteiger partial charge < -0.3 is 4.90 Å². The Morgan fingerprint density at radius 3 is 2.68 bits per heavy atom. The Labute approximate surface area is 182 Å². The van der Waals surface area contributed by atoms with Gasteiger partial charge in [-0.2, -0.15) is 5.10 Å². The molecule has 0 aromatic carbocycles. The van der Waals surface area contributed by atoms with Gasteiger partial charge >= 0.3 is 0 Å². The van der Waals surface area contributed by atoms with Crippen LogP contribution >= 0.6 is 0 Å². The first kappa shape index (κ1) is 19.9. The number of nitrogens with zero attached hydrogens (tertiary/aromatic N) is 6. The van der Waals surface area contributed by atoms with Gasteiger partial charge in [-0.3, -0.25) is 19.3 Å². The quantitative estimate of drug-likeness (QED) is 0.465. The van der Waals surface area contributed by atoms with Crippen molar-refractivity contribution in [2.45, 2.75) is 39.7 Å². The van der Waals surface area contributed by atoms with Crippen molar-refractivity contribution in [1.29, 1.82) is 0 Å². The number of aromatic nitrogens is 5. The molecule has 10 heteroatoms. The number of ketones is 1. The SMILES string of the molecule is [B][B]C1C2CC2(C)CN1C(=O)Cn1nc(C(C)=O)c2cc(-c3cnc(C)nc3)ncc21. The van der Waals surface area contributed by atoms with Gasteiger partial charge in [0.05, 0.1) is 24.6 Å². The highest BCUT2D eigenvalue weighted by atomic mass is 16.2. The van der Waals surface area contributed by atoms with E-state index in [1.54, 1.807) is 36.5 Å². The zero-order valence-corrected chi connectivity index (χ0v) is 17.7. The van der Waals surface area contributed by atoms with E-state index in [1.165, 1.54) is 6.92 Å². The maximum Gasteiger partial charge on any atom is 0.243 e. The van der Waals surface area contributed by atoms with Crippen LogP contribution in [-0.2, 0) is 11.3 Å². The van der Waals surface area contributed by atoms with E-state index in [4.69, 9.17) is 7.74 Å². The molecule has 153 valence electrons. The summed E-state index contributed by atoms with van der Waals surface area (Å²) in [5.41, 5.74) is 2.51. The van der Waals surface area contributed by atoms with E-state index in [1.807, 2.05) is 11.8 Å². The molecule has 3 aromatic heterocycles. The van der Waals surface area contributed by atoms with E-state index in [0.29, 0.717) is 40.6 Å². The third-order valence-electron chi connectivity index (χ3n) is 6.57. The number of piperidine rings is 1. The highest BCUT2D eigenvalue weighted by molar-refractivity contribution is 6.90. The number of pyridine rings is 1. The van der Waals surface area contributed by atoms with Crippen LogP contribution in [0.5, 0.6) is 0 Å². The number of Topliss-reactive ketones (excluding diaryl/α,β-unsaturated/α-hetero) is 1. The molecule has 0 spiro atoms. The molecular formula is C21H21B2N6O2. The molecule has 3 unspecified atom stereocenters. The summed E-state index contributed by atoms with van der Waals surface area (Å²) in [4.78, 5) is 40.1. The predicted octanol–water partition coefficient (Wildman–Crippen LogP) is 1.38. The number of rotatable bonds is 5. The monoisotopic (exact) mass is 411 g/mol. The van der Waals surface area contributed by atoms with Crippen molar-refractivity contribution in [3.63, 3.8) is 0 Å². The average molecular weight is 411 g/mol. The molecule has 2 fully saturated rings. The second-order valence-electron chi connectivity index (χ2n) is 8.84. The topological polar surface area (TPSA) is 93.9 Å². The number of hydrogen-bond acceptors (Lipinski definition) is 6. The molecule has 0 bridgehead atoms. The molecule has 31 heavy (non-hydrogen) atoms. The van der Waals surface area contributed by atoms with Gasteiger partial charge in [-0.25, -0.2) is 9.97 Å². The van der Waals surface area contributed by atoms with Gasteiger partial charge in [0, 0.05) is 44.5 Å². The van der Waals surface area contributed by atoms with E-state index < -0.39 is 0 Å². The van der Waals surface area contributed by atoms with Gasteiger partial charge in [-0.1, -0.05) is 6.92 Å². The number of fused-ring (bicyclic) bond motifs is 2. The lowest BCUT2D eigenvalue weighted by molar-refractivity contribution is -0.132. The van der Waals surface area contributed by atoms with Gasteiger partial charge in [0.2, 0.25) is 5.91 Å². The Bertz CT molecular complexity index is 1210. The lowest BCUT2D eigenvalue weighted by Crippen LogP contribution is -2.44. The molecule has 1 saturated carbocycles. The number of hydrogen-bond donors (Lipinski definition) is 0. The van der Waals surface area contributed by atoms with Crippen molar-refractivity contribution in [2.75, 3.05) is 6.54 Å². The lowest BCUT2D eigenvalue weighted by Gasteiger charge is -2.27. The van der Waals surface area contributed by atoms with Crippen LogP contribution in [0.4, 0.5) is 0 Å². The molecule has 0 N–H and O–H groups in total. The molecule has 1 aliphatic carbocycles. The fourth-order valence-electron chi connectivity index (χ4n) is 4.72. The second kappa shape index (κ2) is 7.00. The summed E-state index contributed by atoms with van der Waals surface area (Å²) < 4.78 is 1.57. The van der Waals surface area contributed by atoms with E-state index in [2.05, 4.69) is 27.0 Å². The Hall–Kier alpha value is -3.03. The number of aryl methyl sites for hydroxylation is 1. The smallest absolute Gasteiger partial charge is 0.243 e. The highest BCUT2D eigenvalue weighted by Gasteiger charge is 2.61. The number of carbonyl (C=O) groups is 2. The molecule has 4 heterocycles. The fourth-order valence-corrected chi connectivity index (χ4v) is 4.72. The van der Waals surface area contributed by atoms with Crippen molar-refractivity contribution in [2.24, 2.45) is 11.3 Å². The average Bonchev–Trinajstić information content (AvgIpc) is 3.13. The maximum atomic E-state index is 13.1. The number of likely N-dealkylation sites (tertiary alicyclic amines) is 1. The van der Waals surface area contributed by atoms with Crippen LogP contribution in [-0.4, -0.2) is 68.7 Å². The van der Waals surface area contributed by atoms with Gasteiger partial charge in [0.25, 0.3) is 0 Å². The van der Waals surface area contributed by atoms with Crippen molar-refractivity contribution >= 4 is 37.5 Å². The van der Waals surface area contributed by atoms with Crippen LogP contribution in [0, 0.1) is 18.3 Å². The normalized spacial score (nSPS) is 24.3. The first-order chi connectivity index (χ1) is 14.8. The predicted molar refractivity (Wildman–Crippen MR) is 117 cm³/mol. The van der Waals surface area contributed by atoms with Crippen molar-refractivity contribution < 1.29 is 9.59 Å². The van der Waals surface area contributed by atoms with Crippen LogP contribution < -0.4 is 0 Å². The fraction of sp³-hybridized carbons (Fsp3) is 0.429. The molecule has 1 saturated heterocycles. The Kier molecular flexibility index (Phi) is 4.50. The largest absolute Gasteiger partial charge is 0.346 e. The second-order valence-corrected chi connectivity index (χ2v) is 8.84. The minimum absolute atomic E-state index is 0.0333. The molecule has 2 aliphatic rings. The first-order valence-electron chi connectivity index (χ1n) is 10.3. The maximum absolute atomic E-state index is 13.1. The summed E-state index contributed by atoms with van der Waals surface area (Å²) in [5, 5.41) is 5.11. The van der Waals surface area contributed by atoms with Gasteiger partial charge in [0.1, 0.15) is 18.1 Å². The summed E-state index contributed by atoms with van der Waals surface area (Å²) in [7, 11) is 7.47. The third kappa shape index (κ3) is 3.25. The van der Waals surface area contributed by atoms with Crippen LogP contribution in [0.25, 0.3) is 22.2 Å². The summed E-state index contributed by atoms with van der Waals surface area (Å²) in [6.07, 6.45) is 6.14. The van der Waals surface area contributed by atoms with Gasteiger partial charge in [-0.05, 0) is 36.7 Å². The molecule has 3 aromatic rings. The van der Waals surface area contributed by atoms with Crippen molar-refractivity contribution in [3.05, 3.63) is 36.2 Å². The molecule has 3 atom stereocenters. The standard InChI is InChI=1S/C21H21B2N6O2/c1-11(30)19-14-4-16(13-6-24-12(2)25-7-13)26-8-17(14)29(27-19)9-18(31)28-10-21(3)5-15(21)20(28)23-22/h4,6-8,15,20H,5,9-10H2,1-3H3. The van der Waals surface area contributed by atoms with Crippen LogP contribution in [0.15, 0.2) is 24.7 Å². The Balaban J connectivity index is 1.48. The zero-order chi connectivity index (χ0) is 21.9. The van der Waals surface area contributed by atoms with E-state index in [0.717, 1.165) is 12.0 Å². The summed E-state index contributed by atoms with van der Waals surface area (Å²) in [5.74, 6) is 0.830. The third-order valence-corrected chi connectivity index (χ3v) is 6.57. The number of amides is 1. The lowest BCUT2D eigenvalue weighted by atomic mass is 9.49. The molecule has 5 rings (SSSR count). The molecule has 1 aliphatic heterocycles. The van der Waals surface area contributed by atoms with E-state index in [9.17, 15) is 9.59 Å². The minimum Gasteiger partial charge on any atom is -0.346 e. The van der Waals surface area contributed by atoms with Crippen LogP contribution in [0.1, 0.15) is 36.6 Å². The van der Waals surface area contributed by atoms with E-state index in [-0.39, 0.29) is 29.6 Å². The van der Waals surface area contributed by atoms with Gasteiger partial charge in [-0.15, -0.1) is 0 Å². The summed E-state index contributed by atoms with van der Waals surface area (Å²) >= 11 is 0. The van der Waals surface area contributed by atoms with Crippen LogP contribution in [0.2, 0.25) is 0 Å². The highest BCUT2D eigenvalue weighted by Crippen LogP contribution is 2.60. The van der Waals surface area contributed by atoms with Crippen molar-refractivity contribution in [1.82, 2.24) is 29.6 Å². The Morgan fingerprint density at radius 2 is 2.00 bits per heavy atom. The Morgan fingerprint density at radius 1 is 1.26 bits per heavy atom. The molecule has 8 nitrogen and oxygen atoms in total. The molecule has 3 radical (unpaired) electrons. The minimum atomic E-state index is -0.170. The van der Waals surface area contributed by atoms with Crippen LogP contribution in [0.3, 0.4) is 0 Å². The molecule has 1 amide bonds. The summed E-state index contributed by atoms with van der Waals surface area (Å²) in [6, 6.07) is 1.80. The number of carbonyl (C=O) groups excluding carboxylic acids is 2. The molecular weight excluding hydrogens is 390 g/mol. The van der Waals surface area contributed by atoms with Crippen molar-refractivity contribution in [3.8, 4) is 11.3 Å². The first-order valence-corrected chi connectivity index (χ1v) is 10.3.